The summed E-state index contributed by atoms with van der Waals surface area (Å²) in [5, 5.41) is 11.8. The molecular weight excluding hydrogens is 244 g/mol. The van der Waals surface area contributed by atoms with E-state index in [1.165, 1.54) is 0 Å². The van der Waals surface area contributed by atoms with Crippen LogP contribution in [0.3, 0.4) is 0 Å². The number of carboxylic acid groups (broad SMARTS) is 1. The van der Waals surface area contributed by atoms with Gasteiger partial charge in [0.25, 0.3) is 0 Å². The Hall–Kier alpha value is -1.10. The Kier molecular flexibility index (Phi) is 6.84. The van der Waals surface area contributed by atoms with Crippen LogP contribution in [0, 0.1) is 5.92 Å². The summed E-state index contributed by atoms with van der Waals surface area (Å²) in [5.74, 6) is -0.190. The molecule has 0 aliphatic carbocycles. The number of likely N-dealkylation sites (tertiary alicyclic amines) is 1. The van der Waals surface area contributed by atoms with Gasteiger partial charge >= 0.3 is 5.97 Å². The maximum atomic E-state index is 11.8. The van der Waals surface area contributed by atoms with E-state index in [4.69, 9.17) is 5.11 Å². The minimum atomic E-state index is -0.780. The molecule has 0 aromatic carbocycles. The van der Waals surface area contributed by atoms with Crippen LogP contribution in [0.2, 0.25) is 0 Å². The number of nitrogens with one attached hydrogen (secondary N) is 1. The second-order valence-electron chi connectivity index (χ2n) is 5.75. The lowest BCUT2D eigenvalue weighted by molar-refractivity contribution is -0.139. The highest BCUT2D eigenvalue weighted by molar-refractivity contribution is 5.78. The predicted octanol–water partition coefficient (Wildman–Crippen LogP) is 1.48. The van der Waals surface area contributed by atoms with Crippen LogP contribution in [0.1, 0.15) is 46.0 Å². The first-order valence-corrected chi connectivity index (χ1v) is 7.21. The van der Waals surface area contributed by atoms with E-state index in [-0.39, 0.29) is 18.4 Å². The molecule has 1 atom stereocenters. The fraction of sp³-hybridized carbons (Fsp3) is 0.857. The Morgan fingerprint density at radius 1 is 1.37 bits per heavy atom. The Bertz CT molecular complexity index is 305. The number of nitrogens with zero attached hydrogens (tertiary/aromatic N) is 1. The quantitative estimate of drug-likeness (QED) is 0.735. The Balaban J connectivity index is 2.34. The van der Waals surface area contributed by atoms with Crippen LogP contribution < -0.4 is 5.32 Å². The number of rotatable bonds is 7. The van der Waals surface area contributed by atoms with Crippen molar-refractivity contribution in [3.63, 3.8) is 0 Å². The van der Waals surface area contributed by atoms with Crippen LogP contribution in [0.15, 0.2) is 0 Å². The normalized spacial score (nSPS) is 20.5. The zero-order valence-electron chi connectivity index (χ0n) is 12.0. The molecule has 1 fully saturated rings. The van der Waals surface area contributed by atoms with Gasteiger partial charge in [0.15, 0.2) is 0 Å². The number of aliphatic carboxylic acids is 1. The fourth-order valence-electron chi connectivity index (χ4n) is 2.44. The highest BCUT2D eigenvalue weighted by Crippen LogP contribution is 2.19. The number of hydrogen-bond acceptors (Lipinski definition) is 3. The number of carboxylic acids is 1. The molecule has 5 heteroatoms. The summed E-state index contributed by atoms with van der Waals surface area (Å²) in [7, 11) is 0. The maximum absolute atomic E-state index is 11.8. The molecule has 1 aliphatic rings. The molecule has 2 N–H and O–H groups in total. The second-order valence-corrected chi connectivity index (χ2v) is 5.75. The van der Waals surface area contributed by atoms with E-state index >= 15 is 0 Å². The molecule has 1 unspecified atom stereocenters. The van der Waals surface area contributed by atoms with Gasteiger partial charge in [0, 0.05) is 12.6 Å². The molecule has 5 nitrogen and oxygen atoms in total. The molecule has 0 saturated carbocycles. The number of amides is 1. The van der Waals surface area contributed by atoms with Gasteiger partial charge in [-0.2, -0.15) is 0 Å². The van der Waals surface area contributed by atoms with Gasteiger partial charge in [0.05, 0.1) is 13.0 Å². The predicted molar refractivity (Wildman–Crippen MR) is 73.9 cm³/mol. The Morgan fingerprint density at radius 2 is 2.11 bits per heavy atom. The topological polar surface area (TPSA) is 69.6 Å². The molecule has 0 bridgehead atoms. The third kappa shape index (κ3) is 6.57. The summed E-state index contributed by atoms with van der Waals surface area (Å²) in [6.45, 7) is 6.11. The van der Waals surface area contributed by atoms with Crippen LogP contribution in [-0.2, 0) is 9.59 Å². The lowest BCUT2D eigenvalue weighted by atomic mass is 9.99. The SMILES string of the molecule is CC(C)CCNC(=O)CN1CCCCC1CC(=O)O. The van der Waals surface area contributed by atoms with Gasteiger partial charge in [0.1, 0.15) is 0 Å². The summed E-state index contributed by atoms with van der Waals surface area (Å²) in [5.41, 5.74) is 0. The van der Waals surface area contributed by atoms with Crippen LogP contribution >= 0.6 is 0 Å². The van der Waals surface area contributed by atoms with Crippen molar-refractivity contribution >= 4 is 11.9 Å². The largest absolute Gasteiger partial charge is 0.481 e. The molecular formula is C14H26N2O3. The van der Waals surface area contributed by atoms with Gasteiger partial charge in [-0.15, -0.1) is 0 Å². The third-order valence-electron chi connectivity index (χ3n) is 3.55. The van der Waals surface area contributed by atoms with Crippen molar-refractivity contribution in [2.45, 2.75) is 52.0 Å². The summed E-state index contributed by atoms with van der Waals surface area (Å²) < 4.78 is 0. The molecule has 0 aromatic heterocycles. The number of carbonyl (C=O) groups excluding carboxylic acids is 1. The first-order valence-electron chi connectivity index (χ1n) is 7.21. The molecule has 1 heterocycles. The number of hydrogen-bond donors (Lipinski definition) is 2. The molecule has 0 aromatic rings. The number of piperidine rings is 1. The summed E-state index contributed by atoms with van der Waals surface area (Å²) in [6, 6.07) is 0.0158. The fourth-order valence-corrected chi connectivity index (χ4v) is 2.44. The lowest BCUT2D eigenvalue weighted by Gasteiger charge is -2.34. The van der Waals surface area contributed by atoms with E-state index < -0.39 is 5.97 Å². The van der Waals surface area contributed by atoms with Crippen molar-refractivity contribution < 1.29 is 14.7 Å². The average molecular weight is 270 g/mol. The van der Waals surface area contributed by atoms with Crippen LogP contribution in [-0.4, -0.2) is 47.6 Å². The molecule has 1 rings (SSSR count). The standard InChI is InChI=1S/C14H26N2O3/c1-11(2)6-7-15-13(17)10-16-8-4-3-5-12(16)9-14(18)19/h11-12H,3-10H2,1-2H3,(H,15,17)(H,18,19). The monoisotopic (exact) mass is 270 g/mol. The van der Waals surface area contributed by atoms with E-state index in [2.05, 4.69) is 19.2 Å². The third-order valence-corrected chi connectivity index (χ3v) is 3.55. The molecule has 0 radical (unpaired) electrons. The first kappa shape index (κ1) is 16.0. The van der Waals surface area contributed by atoms with Crippen LogP contribution in [0.25, 0.3) is 0 Å². The molecule has 1 amide bonds. The van der Waals surface area contributed by atoms with E-state index in [0.717, 1.165) is 32.2 Å². The summed E-state index contributed by atoms with van der Waals surface area (Å²) in [4.78, 5) is 24.7. The molecule has 1 saturated heterocycles. The molecule has 1 aliphatic heterocycles. The van der Waals surface area contributed by atoms with Crippen molar-refractivity contribution in [2.75, 3.05) is 19.6 Å². The summed E-state index contributed by atoms with van der Waals surface area (Å²) in [6.07, 6.45) is 4.11. The number of carbonyl (C=O) groups is 2. The zero-order valence-corrected chi connectivity index (χ0v) is 12.0. The summed E-state index contributed by atoms with van der Waals surface area (Å²) >= 11 is 0. The maximum Gasteiger partial charge on any atom is 0.304 e. The van der Waals surface area contributed by atoms with Crippen LogP contribution in [0.5, 0.6) is 0 Å². The molecule has 110 valence electrons. The van der Waals surface area contributed by atoms with E-state index in [0.29, 0.717) is 19.0 Å². The van der Waals surface area contributed by atoms with Crippen molar-refractivity contribution in [1.29, 1.82) is 0 Å². The smallest absolute Gasteiger partial charge is 0.304 e. The molecule has 19 heavy (non-hydrogen) atoms. The van der Waals surface area contributed by atoms with Gasteiger partial charge in [-0.05, 0) is 31.7 Å². The second kappa shape index (κ2) is 8.15. The zero-order chi connectivity index (χ0) is 14.3. The van der Waals surface area contributed by atoms with E-state index in [9.17, 15) is 9.59 Å². The average Bonchev–Trinajstić information content (AvgIpc) is 2.30. The van der Waals surface area contributed by atoms with Gasteiger partial charge in [-0.3, -0.25) is 14.5 Å². The first-order chi connectivity index (χ1) is 8.99. The highest BCUT2D eigenvalue weighted by Gasteiger charge is 2.25. The Morgan fingerprint density at radius 3 is 2.74 bits per heavy atom. The van der Waals surface area contributed by atoms with E-state index in [1.807, 2.05) is 4.90 Å². The highest BCUT2D eigenvalue weighted by atomic mass is 16.4. The minimum absolute atomic E-state index is 0.0120. The van der Waals surface area contributed by atoms with Crippen molar-refractivity contribution in [1.82, 2.24) is 10.2 Å². The van der Waals surface area contributed by atoms with Crippen molar-refractivity contribution in [3.05, 3.63) is 0 Å². The van der Waals surface area contributed by atoms with Gasteiger partial charge in [-0.25, -0.2) is 0 Å². The van der Waals surface area contributed by atoms with Gasteiger partial charge in [0.2, 0.25) is 5.91 Å². The lowest BCUT2D eigenvalue weighted by Crippen LogP contribution is -2.46. The minimum Gasteiger partial charge on any atom is -0.481 e. The van der Waals surface area contributed by atoms with Crippen molar-refractivity contribution in [3.8, 4) is 0 Å². The van der Waals surface area contributed by atoms with Crippen LogP contribution in [0.4, 0.5) is 0 Å². The molecule has 0 spiro atoms. The van der Waals surface area contributed by atoms with Gasteiger partial charge in [-0.1, -0.05) is 20.3 Å². The van der Waals surface area contributed by atoms with E-state index in [1.54, 1.807) is 0 Å². The van der Waals surface area contributed by atoms with Crippen molar-refractivity contribution in [2.24, 2.45) is 5.92 Å². The van der Waals surface area contributed by atoms with Gasteiger partial charge < -0.3 is 10.4 Å². The Labute approximate surface area is 115 Å².